The van der Waals surface area contributed by atoms with Crippen LogP contribution in [0.2, 0.25) is 0 Å². The fraction of sp³-hybridized carbons (Fsp3) is 0.389. The van der Waals surface area contributed by atoms with Gasteiger partial charge in [0.2, 0.25) is 0 Å². The van der Waals surface area contributed by atoms with Crippen molar-refractivity contribution in [3.05, 3.63) is 47.4 Å². The maximum Gasteiger partial charge on any atom is 0.333 e. The number of carbonyl (C=O) groups excluding carboxylic acids is 1. The first-order chi connectivity index (χ1) is 12.1. The van der Waals surface area contributed by atoms with E-state index in [1.165, 1.54) is 19.3 Å². The van der Waals surface area contributed by atoms with Crippen molar-refractivity contribution >= 4 is 21.7 Å². The van der Waals surface area contributed by atoms with Gasteiger partial charge in [-0.1, -0.05) is 45.9 Å². The number of hydrogen-bond acceptors (Lipinski definition) is 5. The first kappa shape index (κ1) is 19.8. The molecule has 2 amide bonds. The molecule has 1 aromatic heterocycles. The number of rotatable bonds is 5. The number of aromatic nitrogens is 2. The second-order valence-electron chi connectivity index (χ2n) is 6.63. The molecular formula is C18H24N4O3S. The summed E-state index contributed by atoms with van der Waals surface area (Å²) < 4.78 is 26.8. The molecule has 0 bridgehead atoms. The van der Waals surface area contributed by atoms with Crippen LogP contribution in [-0.2, 0) is 10.0 Å². The van der Waals surface area contributed by atoms with E-state index in [-0.39, 0.29) is 22.6 Å². The molecule has 140 valence electrons. The number of anilines is 1. The highest BCUT2D eigenvalue weighted by atomic mass is 32.2. The van der Waals surface area contributed by atoms with E-state index < -0.39 is 16.1 Å². The van der Waals surface area contributed by atoms with E-state index in [4.69, 9.17) is 0 Å². The second kappa shape index (κ2) is 7.82. The molecule has 0 atom stereocenters. The Labute approximate surface area is 154 Å². The number of urea groups is 1. The van der Waals surface area contributed by atoms with Crippen molar-refractivity contribution in [2.24, 2.45) is 0 Å². The minimum atomic E-state index is -4.11. The Bertz CT molecular complexity index is 882. The minimum Gasteiger partial charge on any atom is -0.307 e. The Morgan fingerprint density at radius 2 is 1.54 bits per heavy atom. The van der Waals surface area contributed by atoms with Crippen molar-refractivity contribution in [3.8, 4) is 0 Å². The summed E-state index contributed by atoms with van der Waals surface area (Å²) in [5.74, 6) is 0.339. The molecule has 0 aliphatic heterocycles. The Hall–Kier alpha value is -2.48. The van der Waals surface area contributed by atoms with Crippen molar-refractivity contribution in [1.29, 1.82) is 0 Å². The zero-order chi connectivity index (χ0) is 19.5. The molecule has 2 N–H and O–H groups in total. The van der Waals surface area contributed by atoms with Gasteiger partial charge in [-0.25, -0.2) is 14.5 Å². The van der Waals surface area contributed by atoms with Gasteiger partial charge in [-0.05, 0) is 29.9 Å². The van der Waals surface area contributed by atoms with Gasteiger partial charge >= 0.3 is 6.03 Å². The van der Waals surface area contributed by atoms with Gasteiger partial charge in [-0.15, -0.1) is 0 Å². The highest BCUT2D eigenvalue weighted by molar-refractivity contribution is 7.90. The number of benzene rings is 1. The maximum atomic E-state index is 12.4. The first-order valence-electron chi connectivity index (χ1n) is 8.37. The third-order valence-electron chi connectivity index (χ3n) is 3.93. The van der Waals surface area contributed by atoms with Gasteiger partial charge in [-0.3, -0.25) is 4.98 Å². The van der Waals surface area contributed by atoms with Gasteiger partial charge in [0.1, 0.15) is 0 Å². The number of nitrogens with one attached hydrogen (secondary N) is 2. The number of para-hydroxylation sites is 1. The van der Waals surface area contributed by atoms with E-state index in [1.54, 1.807) is 0 Å². The summed E-state index contributed by atoms with van der Waals surface area (Å²) in [7, 11) is -4.11. The predicted molar refractivity (Wildman–Crippen MR) is 101 cm³/mol. The average molecular weight is 376 g/mol. The van der Waals surface area contributed by atoms with E-state index in [0.29, 0.717) is 5.69 Å². The fourth-order valence-corrected chi connectivity index (χ4v) is 3.70. The molecule has 0 unspecified atom stereocenters. The van der Waals surface area contributed by atoms with Crippen molar-refractivity contribution in [1.82, 2.24) is 14.7 Å². The summed E-state index contributed by atoms with van der Waals surface area (Å²) in [6.45, 7) is 9.58. The van der Waals surface area contributed by atoms with E-state index in [9.17, 15) is 13.2 Å². The molecule has 8 heteroatoms. The van der Waals surface area contributed by atoms with E-state index in [2.05, 4.69) is 15.3 Å². The van der Waals surface area contributed by atoms with E-state index >= 15 is 0 Å². The van der Waals surface area contributed by atoms with Gasteiger partial charge in [0.15, 0.2) is 5.03 Å². The lowest BCUT2D eigenvalue weighted by atomic mass is 9.93. The van der Waals surface area contributed by atoms with Crippen molar-refractivity contribution < 1.29 is 13.2 Å². The molecule has 7 nitrogen and oxygen atoms in total. The largest absolute Gasteiger partial charge is 0.333 e. The van der Waals surface area contributed by atoms with Crippen LogP contribution in [0.4, 0.5) is 10.5 Å². The van der Waals surface area contributed by atoms with Crippen molar-refractivity contribution in [2.45, 2.75) is 51.5 Å². The van der Waals surface area contributed by atoms with Crippen LogP contribution in [0, 0.1) is 6.92 Å². The average Bonchev–Trinajstić information content (AvgIpc) is 2.54. The molecule has 0 spiro atoms. The quantitative estimate of drug-likeness (QED) is 0.831. The summed E-state index contributed by atoms with van der Waals surface area (Å²) >= 11 is 0. The standard InChI is InChI=1S/C18H24N4O3S/c1-11(2)14-7-6-8-15(12(3)4)16(14)21-18(23)22-26(24,25)17-13(5)19-9-10-20-17/h6-12H,1-5H3,(H2,21,22,23). The van der Waals surface area contributed by atoms with Crippen LogP contribution >= 0.6 is 0 Å². The van der Waals surface area contributed by atoms with Gasteiger partial charge in [0.05, 0.1) is 5.69 Å². The monoisotopic (exact) mass is 376 g/mol. The Morgan fingerprint density at radius 3 is 2.04 bits per heavy atom. The predicted octanol–water partition coefficient (Wildman–Crippen LogP) is 3.54. The second-order valence-corrected chi connectivity index (χ2v) is 8.23. The first-order valence-corrected chi connectivity index (χ1v) is 9.86. The molecule has 1 aromatic carbocycles. The van der Waals surface area contributed by atoms with Crippen LogP contribution in [0.3, 0.4) is 0 Å². The van der Waals surface area contributed by atoms with Gasteiger partial charge < -0.3 is 5.32 Å². The highest BCUT2D eigenvalue weighted by Gasteiger charge is 2.23. The molecule has 0 fully saturated rings. The van der Waals surface area contributed by atoms with Gasteiger partial charge in [0, 0.05) is 18.1 Å². The van der Waals surface area contributed by atoms with Crippen molar-refractivity contribution in [3.63, 3.8) is 0 Å². The molecule has 0 saturated carbocycles. The topological polar surface area (TPSA) is 101 Å². The highest BCUT2D eigenvalue weighted by Crippen LogP contribution is 2.32. The van der Waals surface area contributed by atoms with E-state index in [0.717, 1.165) is 11.1 Å². The lowest BCUT2D eigenvalue weighted by Gasteiger charge is -2.20. The maximum absolute atomic E-state index is 12.4. The van der Waals surface area contributed by atoms with Gasteiger partial charge in [-0.2, -0.15) is 8.42 Å². The molecule has 0 saturated heterocycles. The fourth-order valence-electron chi connectivity index (χ4n) is 2.66. The summed E-state index contributed by atoms with van der Waals surface area (Å²) in [5, 5.41) is 2.44. The van der Waals surface area contributed by atoms with Crippen LogP contribution in [0.5, 0.6) is 0 Å². The summed E-state index contributed by atoms with van der Waals surface area (Å²) in [5.41, 5.74) is 2.75. The lowest BCUT2D eigenvalue weighted by Crippen LogP contribution is -2.36. The molecule has 2 rings (SSSR count). The number of sulfonamides is 1. The number of hydrogen-bond donors (Lipinski definition) is 2. The zero-order valence-corrected chi connectivity index (χ0v) is 16.4. The van der Waals surface area contributed by atoms with E-state index in [1.807, 2.05) is 50.6 Å². The third-order valence-corrected chi connectivity index (χ3v) is 5.29. The van der Waals surface area contributed by atoms with Crippen LogP contribution in [0.25, 0.3) is 0 Å². The molecule has 2 aromatic rings. The van der Waals surface area contributed by atoms with Gasteiger partial charge in [0.25, 0.3) is 10.0 Å². The number of amides is 2. The Balaban J connectivity index is 2.32. The SMILES string of the molecule is Cc1nccnc1S(=O)(=O)NC(=O)Nc1c(C(C)C)cccc1C(C)C. The molecular weight excluding hydrogens is 352 g/mol. The normalized spacial score (nSPS) is 11.7. The smallest absolute Gasteiger partial charge is 0.307 e. The summed E-state index contributed by atoms with van der Waals surface area (Å²) in [4.78, 5) is 20.1. The summed E-state index contributed by atoms with van der Waals surface area (Å²) in [6.07, 6.45) is 2.66. The minimum absolute atomic E-state index is 0.169. The molecule has 1 heterocycles. The van der Waals surface area contributed by atoms with Crippen LogP contribution in [0.1, 0.15) is 56.4 Å². The molecule has 26 heavy (non-hydrogen) atoms. The van der Waals surface area contributed by atoms with Crippen LogP contribution < -0.4 is 10.0 Å². The Morgan fingerprint density at radius 1 is 1.00 bits per heavy atom. The third kappa shape index (κ3) is 4.37. The number of carbonyl (C=O) groups is 1. The number of nitrogens with zero attached hydrogens (tertiary/aromatic N) is 2. The van der Waals surface area contributed by atoms with Crippen LogP contribution in [-0.4, -0.2) is 24.4 Å². The number of aryl methyl sites for hydroxylation is 1. The zero-order valence-electron chi connectivity index (χ0n) is 15.6. The lowest BCUT2D eigenvalue weighted by molar-refractivity contribution is 0.256. The molecule has 0 radical (unpaired) electrons. The molecule has 0 aliphatic rings. The van der Waals surface area contributed by atoms with Crippen molar-refractivity contribution in [2.75, 3.05) is 5.32 Å². The van der Waals surface area contributed by atoms with Crippen LogP contribution in [0.15, 0.2) is 35.6 Å². The molecule has 0 aliphatic carbocycles. The Kier molecular flexibility index (Phi) is 5.97. The summed E-state index contributed by atoms with van der Waals surface area (Å²) in [6, 6.07) is 4.96.